The van der Waals surface area contributed by atoms with Gasteiger partial charge in [0.1, 0.15) is 12.4 Å². The van der Waals surface area contributed by atoms with Crippen molar-refractivity contribution in [2.75, 3.05) is 19.0 Å². The maximum Gasteiger partial charge on any atom is 0.276 e. The summed E-state index contributed by atoms with van der Waals surface area (Å²) >= 11 is 1.99. The Kier molecular flexibility index (Phi) is 7.72. The van der Waals surface area contributed by atoms with E-state index in [9.17, 15) is 19.1 Å². The van der Waals surface area contributed by atoms with Crippen molar-refractivity contribution in [3.8, 4) is 0 Å². The molecular weight excluding hydrogens is 480 g/mol. The smallest absolute Gasteiger partial charge is 0.276 e. The fourth-order valence-electron chi connectivity index (χ4n) is 2.40. The highest BCUT2D eigenvalue weighted by molar-refractivity contribution is 14.1. The molecule has 2 aromatic carbocycles. The zero-order valence-corrected chi connectivity index (χ0v) is 17.8. The van der Waals surface area contributed by atoms with Gasteiger partial charge in [-0.05, 0) is 72.3 Å². The number of carbonyl (C=O) groups is 2. The van der Waals surface area contributed by atoms with Crippen LogP contribution in [-0.4, -0.2) is 36.7 Å². The summed E-state index contributed by atoms with van der Waals surface area (Å²) in [6.45, 7) is 3.11. The standard InChI is InChI=1S/C19H21FIN3O4/c1-10-6-14(19(27)24-28-9-11(2)25)17(8-13(10)18(26)22-3)23-16-5-4-12(21)7-15(16)20/h4-8,11,23,25H,9H2,1-3H3,(H,22,26)(H,24,27)/t11-/m0/s1. The van der Waals surface area contributed by atoms with Crippen LogP contribution in [0.15, 0.2) is 30.3 Å². The van der Waals surface area contributed by atoms with Gasteiger partial charge in [0.05, 0.1) is 23.0 Å². The summed E-state index contributed by atoms with van der Waals surface area (Å²) < 4.78 is 15.0. The first-order chi connectivity index (χ1) is 13.2. The molecule has 150 valence electrons. The van der Waals surface area contributed by atoms with Gasteiger partial charge in [0, 0.05) is 16.2 Å². The van der Waals surface area contributed by atoms with E-state index >= 15 is 0 Å². The predicted molar refractivity (Wildman–Crippen MR) is 112 cm³/mol. The van der Waals surface area contributed by atoms with Crippen LogP contribution >= 0.6 is 22.6 Å². The number of hydrogen-bond donors (Lipinski definition) is 4. The summed E-state index contributed by atoms with van der Waals surface area (Å²) in [7, 11) is 1.50. The monoisotopic (exact) mass is 501 g/mol. The SMILES string of the molecule is CNC(=O)c1cc(Nc2ccc(I)cc2F)c(C(=O)NOC[C@H](C)O)cc1C. The molecular formula is C19H21FIN3O4. The van der Waals surface area contributed by atoms with Crippen LogP contribution in [0.25, 0.3) is 0 Å². The molecule has 28 heavy (non-hydrogen) atoms. The maximum absolute atomic E-state index is 14.3. The first kappa shape index (κ1) is 22.1. The highest BCUT2D eigenvalue weighted by Crippen LogP contribution is 2.27. The van der Waals surface area contributed by atoms with E-state index in [-0.39, 0.29) is 29.5 Å². The molecule has 0 aliphatic heterocycles. The largest absolute Gasteiger partial charge is 0.391 e. The number of carbonyl (C=O) groups excluding carboxylic acids is 2. The fourth-order valence-corrected chi connectivity index (χ4v) is 2.85. The van der Waals surface area contributed by atoms with Crippen LogP contribution in [0.1, 0.15) is 33.2 Å². The second-order valence-electron chi connectivity index (χ2n) is 6.13. The molecule has 1 atom stereocenters. The summed E-state index contributed by atoms with van der Waals surface area (Å²) in [6, 6.07) is 7.60. The van der Waals surface area contributed by atoms with Crippen molar-refractivity contribution in [3.05, 3.63) is 56.4 Å². The topological polar surface area (TPSA) is 99.7 Å². The first-order valence-electron chi connectivity index (χ1n) is 8.42. The van der Waals surface area contributed by atoms with E-state index in [2.05, 4.69) is 16.1 Å². The zero-order chi connectivity index (χ0) is 20.8. The number of hydrogen-bond acceptors (Lipinski definition) is 5. The number of halogens is 2. The molecule has 9 heteroatoms. The Morgan fingerprint density at radius 1 is 1.18 bits per heavy atom. The molecule has 4 N–H and O–H groups in total. The lowest BCUT2D eigenvalue weighted by Crippen LogP contribution is -2.28. The fraction of sp³-hybridized carbons (Fsp3) is 0.263. The Bertz CT molecular complexity index is 890. The number of hydroxylamine groups is 1. The normalized spacial score (nSPS) is 11.6. The Labute approximate surface area is 175 Å². The lowest BCUT2D eigenvalue weighted by molar-refractivity contribution is -0.00683. The summed E-state index contributed by atoms with van der Waals surface area (Å²) in [4.78, 5) is 29.6. The van der Waals surface area contributed by atoms with E-state index in [0.717, 1.165) is 3.57 Å². The maximum atomic E-state index is 14.3. The van der Waals surface area contributed by atoms with Gasteiger partial charge < -0.3 is 15.7 Å². The van der Waals surface area contributed by atoms with Crippen molar-refractivity contribution in [3.63, 3.8) is 0 Å². The quantitative estimate of drug-likeness (QED) is 0.346. The van der Waals surface area contributed by atoms with Crippen LogP contribution in [0.2, 0.25) is 0 Å². The molecule has 0 aliphatic carbocycles. The van der Waals surface area contributed by atoms with Crippen LogP contribution < -0.4 is 16.1 Å². The number of aliphatic hydroxyl groups is 1. The predicted octanol–water partition coefficient (Wildman–Crippen LogP) is 2.88. The zero-order valence-electron chi connectivity index (χ0n) is 15.6. The van der Waals surface area contributed by atoms with Crippen LogP contribution in [0, 0.1) is 16.3 Å². The third kappa shape index (κ3) is 5.63. The minimum Gasteiger partial charge on any atom is -0.391 e. The number of benzene rings is 2. The van der Waals surface area contributed by atoms with Crippen LogP contribution in [-0.2, 0) is 4.84 Å². The summed E-state index contributed by atoms with van der Waals surface area (Å²) in [5, 5.41) is 14.6. The van der Waals surface area contributed by atoms with Crippen LogP contribution in [0.4, 0.5) is 15.8 Å². The third-order valence-electron chi connectivity index (χ3n) is 3.77. The Morgan fingerprint density at radius 3 is 2.50 bits per heavy atom. The van der Waals surface area contributed by atoms with Crippen molar-refractivity contribution in [2.24, 2.45) is 0 Å². The van der Waals surface area contributed by atoms with Crippen LogP contribution in [0.5, 0.6) is 0 Å². The molecule has 2 amide bonds. The first-order valence-corrected chi connectivity index (χ1v) is 9.49. The third-order valence-corrected chi connectivity index (χ3v) is 4.44. The molecule has 0 aliphatic rings. The van der Waals surface area contributed by atoms with E-state index in [1.54, 1.807) is 19.1 Å². The summed E-state index contributed by atoms with van der Waals surface area (Å²) in [5.41, 5.74) is 3.70. The van der Waals surface area contributed by atoms with Gasteiger partial charge in [-0.1, -0.05) is 0 Å². The van der Waals surface area contributed by atoms with Gasteiger partial charge in [-0.25, -0.2) is 9.87 Å². The molecule has 0 heterocycles. The minimum atomic E-state index is -0.754. The van der Waals surface area contributed by atoms with Gasteiger partial charge in [-0.2, -0.15) is 0 Å². The molecule has 0 spiro atoms. The lowest BCUT2D eigenvalue weighted by atomic mass is 10.0. The van der Waals surface area contributed by atoms with Gasteiger partial charge in [0.2, 0.25) is 0 Å². The van der Waals surface area contributed by atoms with Gasteiger partial charge in [0.15, 0.2) is 0 Å². The Hall–Kier alpha value is -2.24. The van der Waals surface area contributed by atoms with Crippen molar-refractivity contribution >= 4 is 45.8 Å². The lowest BCUT2D eigenvalue weighted by Gasteiger charge is -2.16. The second-order valence-corrected chi connectivity index (χ2v) is 7.38. The average molecular weight is 501 g/mol. The molecule has 7 nitrogen and oxygen atoms in total. The average Bonchev–Trinajstić information content (AvgIpc) is 2.63. The van der Waals surface area contributed by atoms with Crippen molar-refractivity contribution in [2.45, 2.75) is 20.0 Å². The van der Waals surface area contributed by atoms with E-state index in [1.807, 2.05) is 22.6 Å². The Balaban J connectivity index is 2.43. The molecule has 0 fully saturated rings. The number of rotatable bonds is 7. The number of aryl methyl sites for hydroxylation is 1. The molecule has 2 aromatic rings. The van der Waals surface area contributed by atoms with E-state index < -0.39 is 17.8 Å². The van der Waals surface area contributed by atoms with Crippen LogP contribution in [0.3, 0.4) is 0 Å². The van der Waals surface area contributed by atoms with Crippen molar-refractivity contribution < 1.29 is 23.9 Å². The van der Waals surface area contributed by atoms with Gasteiger partial charge in [-0.15, -0.1) is 0 Å². The Morgan fingerprint density at radius 2 is 1.89 bits per heavy atom. The van der Waals surface area contributed by atoms with Crippen molar-refractivity contribution in [1.82, 2.24) is 10.8 Å². The van der Waals surface area contributed by atoms with Crippen molar-refractivity contribution in [1.29, 1.82) is 0 Å². The number of nitrogens with one attached hydrogen (secondary N) is 3. The molecule has 0 unspecified atom stereocenters. The van der Waals surface area contributed by atoms with Gasteiger partial charge >= 0.3 is 0 Å². The number of aliphatic hydroxyl groups excluding tert-OH is 1. The highest BCUT2D eigenvalue weighted by Gasteiger charge is 2.19. The number of anilines is 2. The minimum absolute atomic E-state index is 0.0877. The molecule has 0 saturated heterocycles. The van der Waals surface area contributed by atoms with Gasteiger partial charge in [-0.3, -0.25) is 14.4 Å². The molecule has 2 rings (SSSR count). The highest BCUT2D eigenvalue weighted by atomic mass is 127. The van der Waals surface area contributed by atoms with E-state index in [0.29, 0.717) is 11.1 Å². The molecule has 0 aromatic heterocycles. The summed E-state index contributed by atoms with van der Waals surface area (Å²) in [5.74, 6) is -1.42. The molecule has 0 radical (unpaired) electrons. The second kappa shape index (κ2) is 9.80. The summed E-state index contributed by atoms with van der Waals surface area (Å²) in [6.07, 6.45) is -0.754. The van der Waals surface area contributed by atoms with Gasteiger partial charge in [0.25, 0.3) is 11.8 Å². The van der Waals surface area contributed by atoms with E-state index in [1.165, 1.54) is 32.2 Å². The molecule has 0 saturated carbocycles. The number of amides is 2. The molecule has 0 bridgehead atoms. The van der Waals surface area contributed by atoms with E-state index in [4.69, 9.17) is 4.84 Å².